The minimum Gasteiger partial charge on any atom is -0.497 e. The Morgan fingerprint density at radius 1 is 1.05 bits per heavy atom. The molecule has 0 aliphatic carbocycles. The molecule has 2 aliphatic heterocycles. The molecule has 40 heavy (non-hydrogen) atoms. The highest BCUT2D eigenvalue weighted by Crippen LogP contribution is 2.32. The lowest BCUT2D eigenvalue weighted by atomic mass is 9.95. The van der Waals surface area contributed by atoms with Gasteiger partial charge in [-0.3, -0.25) is 4.31 Å². The van der Waals surface area contributed by atoms with Crippen molar-refractivity contribution in [2.45, 2.75) is 43.4 Å². The molecule has 10 heteroatoms. The Labute approximate surface area is 234 Å². The molecule has 0 saturated carbocycles. The second-order valence-electron chi connectivity index (χ2n) is 10.1. The van der Waals surface area contributed by atoms with Gasteiger partial charge in [0.1, 0.15) is 17.7 Å². The third-order valence-corrected chi connectivity index (χ3v) is 9.26. The number of fused-ring (bicyclic) bond motifs is 1. The maximum Gasteiger partial charge on any atom is 0.264 e. The molecular weight excluding hydrogens is 538 g/mol. The van der Waals surface area contributed by atoms with Gasteiger partial charge in [0, 0.05) is 19.2 Å². The Morgan fingerprint density at radius 3 is 2.60 bits per heavy atom. The van der Waals surface area contributed by atoms with E-state index in [4.69, 9.17) is 14.2 Å². The number of methoxy groups -OCH3 is 1. The van der Waals surface area contributed by atoms with Gasteiger partial charge in [-0.25, -0.2) is 17.2 Å². The van der Waals surface area contributed by atoms with Crippen LogP contribution in [0.1, 0.15) is 29.5 Å². The Morgan fingerprint density at radius 2 is 1.85 bits per heavy atom. The average molecular weight is 573 g/mol. The van der Waals surface area contributed by atoms with Crippen LogP contribution in [-0.2, 0) is 34.3 Å². The Hall–Kier alpha value is -3.21. The second kappa shape index (κ2) is 12.5. The van der Waals surface area contributed by atoms with Gasteiger partial charge in [-0.05, 0) is 84.8 Å². The average Bonchev–Trinajstić information content (AvgIpc) is 2.97. The lowest BCUT2D eigenvalue weighted by Crippen LogP contribution is -2.32. The number of hydrogen-bond donors (Lipinski definition) is 1. The number of sulfonamides is 1. The number of rotatable bonds is 10. The van der Waals surface area contributed by atoms with Gasteiger partial charge < -0.3 is 19.5 Å². The predicted octanol–water partition coefficient (Wildman–Crippen LogP) is 5.02. The normalized spacial score (nSPS) is 19.1. The van der Waals surface area contributed by atoms with Crippen LogP contribution in [0.2, 0.25) is 0 Å². The lowest BCUT2D eigenvalue weighted by Gasteiger charge is -2.27. The minimum absolute atomic E-state index is 0.0796. The molecule has 2 heterocycles. The van der Waals surface area contributed by atoms with Gasteiger partial charge in [-0.2, -0.15) is 0 Å². The molecule has 0 amide bonds. The largest absolute Gasteiger partial charge is 0.497 e. The number of hydrogen-bond acceptors (Lipinski definition) is 6. The first-order valence-corrected chi connectivity index (χ1v) is 14.9. The topological polar surface area (TPSA) is 77.1 Å². The molecule has 7 nitrogen and oxygen atoms in total. The molecule has 3 aromatic carbocycles. The summed E-state index contributed by atoms with van der Waals surface area (Å²) in [5.74, 6) is 0.00217. The number of halogens is 2. The van der Waals surface area contributed by atoms with E-state index in [1.54, 1.807) is 49.6 Å². The number of alkyl halides is 1. The van der Waals surface area contributed by atoms with Crippen molar-refractivity contribution >= 4 is 15.7 Å². The van der Waals surface area contributed by atoms with Gasteiger partial charge in [-0.15, -0.1) is 0 Å². The van der Waals surface area contributed by atoms with Crippen LogP contribution < -0.4 is 19.1 Å². The molecule has 5 rings (SSSR count). The van der Waals surface area contributed by atoms with Crippen molar-refractivity contribution in [1.82, 2.24) is 5.32 Å². The number of benzene rings is 3. The van der Waals surface area contributed by atoms with Crippen molar-refractivity contribution in [3.63, 3.8) is 0 Å². The standard InChI is InChI=1S/C30H34F2N2O5S/c1-37-25-5-2-21(3-6-25)19-34(40(35,36)27-8-4-24-18-33-13-10-23(24)16-27)30-9-7-26(17-28(30)31)39-15-12-22-11-14-38-20-29(22)32/h2-9,16-17,22,29,33H,10-15,18-20H2,1H3/t22?,29-/m1/s1. The van der Waals surface area contributed by atoms with Crippen LogP contribution in [-0.4, -0.2) is 48.1 Å². The minimum atomic E-state index is -4.13. The fourth-order valence-electron chi connectivity index (χ4n) is 5.12. The van der Waals surface area contributed by atoms with Crippen molar-refractivity contribution in [2.24, 2.45) is 5.92 Å². The summed E-state index contributed by atoms with van der Waals surface area (Å²) in [6, 6.07) is 16.2. The third kappa shape index (κ3) is 6.40. The van der Waals surface area contributed by atoms with Crippen LogP contribution >= 0.6 is 0 Å². The van der Waals surface area contributed by atoms with Crippen LogP contribution in [0.3, 0.4) is 0 Å². The molecule has 1 unspecified atom stereocenters. The van der Waals surface area contributed by atoms with E-state index in [1.165, 1.54) is 12.1 Å². The van der Waals surface area contributed by atoms with Crippen LogP contribution in [0, 0.1) is 11.7 Å². The van der Waals surface area contributed by atoms with Gasteiger partial charge in [0.25, 0.3) is 10.0 Å². The second-order valence-corrected chi connectivity index (χ2v) is 12.0. The van der Waals surface area contributed by atoms with Gasteiger partial charge in [0.05, 0.1) is 37.5 Å². The molecular formula is C30H34F2N2O5S. The molecule has 2 atom stereocenters. The van der Waals surface area contributed by atoms with Crippen LogP contribution in [0.15, 0.2) is 65.6 Å². The summed E-state index contributed by atoms with van der Waals surface area (Å²) < 4.78 is 74.8. The summed E-state index contributed by atoms with van der Waals surface area (Å²) in [6.45, 7) is 2.21. The van der Waals surface area contributed by atoms with E-state index in [-0.39, 0.29) is 42.0 Å². The fourth-order valence-corrected chi connectivity index (χ4v) is 6.63. The molecule has 214 valence electrons. The van der Waals surface area contributed by atoms with Crippen molar-refractivity contribution in [2.75, 3.05) is 37.8 Å². The molecule has 0 aromatic heterocycles. The third-order valence-electron chi connectivity index (χ3n) is 7.50. The van der Waals surface area contributed by atoms with Crippen LogP contribution in [0.25, 0.3) is 0 Å². The van der Waals surface area contributed by atoms with Crippen LogP contribution in [0.4, 0.5) is 14.5 Å². The molecule has 0 spiro atoms. The summed E-state index contributed by atoms with van der Waals surface area (Å²) in [6.07, 6.45) is 0.789. The number of nitrogens with zero attached hydrogens (tertiary/aromatic N) is 1. The van der Waals surface area contributed by atoms with Crippen molar-refractivity contribution in [1.29, 1.82) is 0 Å². The van der Waals surface area contributed by atoms with E-state index in [2.05, 4.69) is 5.32 Å². The summed E-state index contributed by atoms with van der Waals surface area (Å²) in [7, 11) is -2.58. The van der Waals surface area contributed by atoms with Crippen molar-refractivity contribution in [3.8, 4) is 11.5 Å². The summed E-state index contributed by atoms with van der Waals surface area (Å²) >= 11 is 0. The Bertz CT molecular complexity index is 1420. The highest BCUT2D eigenvalue weighted by molar-refractivity contribution is 7.92. The predicted molar refractivity (Wildman–Crippen MR) is 149 cm³/mol. The zero-order valence-electron chi connectivity index (χ0n) is 22.4. The van der Waals surface area contributed by atoms with Crippen molar-refractivity contribution < 1.29 is 31.4 Å². The summed E-state index contributed by atoms with van der Waals surface area (Å²) in [5.41, 5.74) is 2.60. The quantitative estimate of drug-likeness (QED) is 0.368. The van der Waals surface area contributed by atoms with E-state index in [9.17, 15) is 12.8 Å². The van der Waals surface area contributed by atoms with Gasteiger partial charge in [0.2, 0.25) is 0 Å². The molecule has 1 fully saturated rings. The fraction of sp³-hybridized carbons (Fsp3) is 0.400. The number of nitrogens with one attached hydrogen (secondary N) is 1. The summed E-state index contributed by atoms with van der Waals surface area (Å²) in [4.78, 5) is 0.110. The Balaban J connectivity index is 1.41. The molecule has 1 N–H and O–H groups in total. The summed E-state index contributed by atoms with van der Waals surface area (Å²) in [5, 5.41) is 3.28. The first-order chi connectivity index (χ1) is 19.3. The van der Waals surface area contributed by atoms with Gasteiger partial charge >= 0.3 is 0 Å². The van der Waals surface area contributed by atoms with E-state index >= 15 is 4.39 Å². The zero-order valence-corrected chi connectivity index (χ0v) is 23.3. The van der Waals surface area contributed by atoms with E-state index in [0.29, 0.717) is 43.7 Å². The lowest BCUT2D eigenvalue weighted by molar-refractivity contribution is -0.00749. The Kier molecular flexibility index (Phi) is 8.87. The monoisotopic (exact) mass is 572 g/mol. The number of ether oxygens (including phenoxy) is 3. The molecule has 1 saturated heterocycles. The van der Waals surface area contributed by atoms with E-state index in [0.717, 1.165) is 22.0 Å². The number of anilines is 1. The molecule has 0 radical (unpaired) electrons. The van der Waals surface area contributed by atoms with Crippen LogP contribution in [0.5, 0.6) is 11.5 Å². The van der Waals surface area contributed by atoms with E-state index < -0.39 is 22.0 Å². The zero-order chi connectivity index (χ0) is 28.1. The van der Waals surface area contributed by atoms with E-state index in [1.807, 2.05) is 6.07 Å². The molecule has 3 aromatic rings. The maximum atomic E-state index is 15.6. The van der Waals surface area contributed by atoms with Gasteiger partial charge in [0.15, 0.2) is 5.82 Å². The maximum absolute atomic E-state index is 15.6. The highest BCUT2D eigenvalue weighted by atomic mass is 32.2. The first-order valence-electron chi connectivity index (χ1n) is 13.5. The first kappa shape index (κ1) is 28.3. The van der Waals surface area contributed by atoms with Gasteiger partial charge in [-0.1, -0.05) is 18.2 Å². The highest BCUT2D eigenvalue weighted by Gasteiger charge is 2.29. The SMILES string of the molecule is COc1ccc(CN(c2ccc(OCCC3CCOC[C@H]3F)cc2F)S(=O)(=O)c2ccc3c(c2)CCNC3)cc1. The molecule has 2 aliphatic rings. The molecule has 0 bridgehead atoms. The van der Waals surface area contributed by atoms with Crippen molar-refractivity contribution in [3.05, 3.63) is 83.2 Å². The smallest absolute Gasteiger partial charge is 0.264 e.